The third-order valence-electron chi connectivity index (χ3n) is 3.56. The summed E-state index contributed by atoms with van der Waals surface area (Å²) in [6.07, 6.45) is 1.89. The molecule has 1 amide bonds. The second-order valence-electron chi connectivity index (χ2n) is 5.47. The smallest absolute Gasteiger partial charge is 0.270 e. The third kappa shape index (κ3) is 4.21. The molecule has 0 saturated carbocycles. The number of amides is 1. The molecular formula is C15H15ClN4O3S. The van der Waals surface area contributed by atoms with Gasteiger partial charge in [-0.05, 0) is 36.8 Å². The lowest BCUT2D eigenvalue weighted by atomic mass is 10.2. The molecule has 9 heteroatoms. The number of hydrogen-bond acceptors (Lipinski definition) is 6. The first-order chi connectivity index (χ1) is 11.4. The van der Waals surface area contributed by atoms with E-state index in [0.29, 0.717) is 11.4 Å². The molecule has 2 aromatic rings. The molecule has 1 aliphatic rings. The number of benzene rings is 1. The van der Waals surface area contributed by atoms with Gasteiger partial charge in [-0.2, -0.15) is 0 Å². The summed E-state index contributed by atoms with van der Waals surface area (Å²) >= 11 is 5.83. The molecule has 0 bridgehead atoms. The van der Waals surface area contributed by atoms with Gasteiger partial charge in [0.05, 0.1) is 11.5 Å². The molecule has 2 N–H and O–H groups in total. The highest BCUT2D eigenvalue weighted by molar-refractivity contribution is 7.91. The number of rotatable bonds is 4. The first kappa shape index (κ1) is 16.7. The van der Waals surface area contributed by atoms with Crippen LogP contribution >= 0.6 is 11.6 Å². The minimum atomic E-state index is -3.05. The number of sulfone groups is 1. The van der Waals surface area contributed by atoms with Crippen LogP contribution in [0.1, 0.15) is 16.9 Å². The van der Waals surface area contributed by atoms with Gasteiger partial charge >= 0.3 is 0 Å². The van der Waals surface area contributed by atoms with E-state index in [1.807, 2.05) is 0 Å². The van der Waals surface area contributed by atoms with E-state index in [1.54, 1.807) is 24.3 Å². The molecule has 2 heterocycles. The van der Waals surface area contributed by atoms with Gasteiger partial charge in [-0.25, -0.2) is 18.4 Å². The largest absolute Gasteiger partial charge is 0.347 e. The van der Waals surface area contributed by atoms with Crippen LogP contribution in [0.3, 0.4) is 0 Å². The molecular weight excluding hydrogens is 352 g/mol. The van der Waals surface area contributed by atoms with E-state index in [2.05, 4.69) is 20.6 Å². The van der Waals surface area contributed by atoms with E-state index in [9.17, 15) is 13.2 Å². The second-order valence-corrected chi connectivity index (χ2v) is 8.14. The maximum atomic E-state index is 12.2. The molecule has 1 saturated heterocycles. The maximum absolute atomic E-state index is 12.2. The van der Waals surface area contributed by atoms with Crippen LogP contribution < -0.4 is 10.6 Å². The van der Waals surface area contributed by atoms with Gasteiger partial charge in [-0.3, -0.25) is 4.79 Å². The van der Waals surface area contributed by atoms with Crippen molar-refractivity contribution in [3.63, 3.8) is 0 Å². The first-order valence-electron chi connectivity index (χ1n) is 7.28. The van der Waals surface area contributed by atoms with Gasteiger partial charge in [-0.1, -0.05) is 11.6 Å². The summed E-state index contributed by atoms with van der Waals surface area (Å²) in [4.78, 5) is 20.4. The highest BCUT2D eigenvalue weighted by Crippen LogP contribution is 2.17. The summed E-state index contributed by atoms with van der Waals surface area (Å²) in [6, 6.07) is 8.09. The molecule has 7 nitrogen and oxygen atoms in total. The Morgan fingerprint density at radius 3 is 2.62 bits per heavy atom. The molecule has 24 heavy (non-hydrogen) atoms. The van der Waals surface area contributed by atoms with E-state index in [-0.39, 0.29) is 29.2 Å². The molecule has 1 aliphatic heterocycles. The number of carbonyl (C=O) groups excluding carboxylic acids is 1. The molecule has 0 spiro atoms. The minimum absolute atomic E-state index is 0.0281. The van der Waals surface area contributed by atoms with Crippen molar-refractivity contribution < 1.29 is 13.2 Å². The number of anilines is 2. The topological polar surface area (TPSA) is 101 Å². The lowest BCUT2D eigenvalue weighted by molar-refractivity contribution is 0.0936. The fourth-order valence-electron chi connectivity index (χ4n) is 2.38. The molecule has 0 aliphatic carbocycles. The Balaban J connectivity index is 1.68. The predicted molar refractivity (Wildman–Crippen MR) is 91.3 cm³/mol. The zero-order chi connectivity index (χ0) is 17.2. The highest BCUT2D eigenvalue weighted by atomic mass is 35.5. The van der Waals surface area contributed by atoms with Gasteiger partial charge in [0.2, 0.25) is 5.95 Å². The van der Waals surface area contributed by atoms with Crippen LogP contribution in [-0.4, -0.2) is 41.8 Å². The summed E-state index contributed by atoms with van der Waals surface area (Å²) in [7, 11) is -3.05. The van der Waals surface area contributed by atoms with Crippen LogP contribution in [0.4, 0.5) is 11.6 Å². The van der Waals surface area contributed by atoms with Crippen LogP contribution in [0.15, 0.2) is 36.5 Å². The van der Waals surface area contributed by atoms with Crippen molar-refractivity contribution in [2.75, 3.05) is 16.8 Å². The number of nitrogens with one attached hydrogen (secondary N) is 2. The molecule has 1 aromatic carbocycles. The number of hydrogen-bond donors (Lipinski definition) is 2. The third-order valence-corrected chi connectivity index (χ3v) is 5.58. The van der Waals surface area contributed by atoms with Crippen molar-refractivity contribution in [3.05, 3.63) is 47.2 Å². The minimum Gasteiger partial charge on any atom is -0.347 e. The van der Waals surface area contributed by atoms with Crippen LogP contribution in [-0.2, 0) is 9.84 Å². The summed E-state index contributed by atoms with van der Waals surface area (Å²) in [5.74, 6) is -0.0761. The van der Waals surface area contributed by atoms with Crippen LogP contribution in [0.2, 0.25) is 5.02 Å². The van der Waals surface area contributed by atoms with Gasteiger partial charge in [0.1, 0.15) is 5.69 Å². The average Bonchev–Trinajstić information content (AvgIpc) is 2.88. The Bertz CT molecular complexity index is 855. The van der Waals surface area contributed by atoms with E-state index < -0.39 is 15.7 Å². The van der Waals surface area contributed by atoms with E-state index in [0.717, 1.165) is 5.69 Å². The monoisotopic (exact) mass is 366 g/mol. The molecule has 3 rings (SSSR count). The Morgan fingerprint density at radius 2 is 1.96 bits per heavy atom. The van der Waals surface area contributed by atoms with Crippen molar-refractivity contribution >= 4 is 39.0 Å². The van der Waals surface area contributed by atoms with Crippen LogP contribution in [0.25, 0.3) is 0 Å². The Hall–Kier alpha value is -2.19. The van der Waals surface area contributed by atoms with Crippen LogP contribution in [0.5, 0.6) is 0 Å². The van der Waals surface area contributed by atoms with Crippen molar-refractivity contribution in [1.29, 1.82) is 0 Å². The van der Waals surface area contributed by atoms with Crippen molar-refractivity contribution in [1.82, 2.24) is 15.3 Å². The zero-order valence-electron chi connectivity index (χ0n) is 12.6. The average molecular weight is 367 g/mol. The van der Waals surface area contributed by atoms with Crippen LogP contribution in [0, 0.1) is 0 Å². The van der Waals surface area contributed by atoms with Gasteiger partial charge in [-0.15, -0.1) is 0 Å². The normalized spacial score (nSPS) is 19.0. The Morgan fingerprint density at radius 1 is 1.21 bits per heavy atom. The van der Waals surface area contributed by atoms with Gasteiger partial charge in [0.25, 0.3) is 5.91 Å². The predicted octanol–water partition coefficient (Wildman–Crippen LogP) is 1.79. The van der Waals surface area contributed by atoms with Gasteiger partial charge in [0.15, 0.2) is 9.84 Å². The SMILES string of the molecule is O=C(NC1CCS(=O)(=O)C1)c1ccnc(Nc2ccc(Cl)cc2)n1. The molecule has 1 unspecified atom stereocenters. The summed E-state index contributed by atoms with van der Waals surface area (Å²) in [5.41, 5.74) is 0.907. The zero-order valence-corrected chi connectivity index (χ0v) is 14.1. The summed E-state index contributed by atoms with van der Waals surface area (Å²) in [6.45, 7) is 0. The standard InChI is InChI=1S/C15H15ClN4O3S/c16-10-1-3-11(4-2-10)19-15-17-7-5-13(20-15)14(21)18-12-6-8-24(22,23)9-12/h1-5,7,12H,6,8-9H2,(H,18,21)(H,17,19,20). The fraction of sp³-hybridized carbons (Fsp3) is 0.267. The Kier molecular flexibility index (Phi) is 4.68. The summed E-state index contributed by atoms with van der Waals surface area (Å²) in [5, 5.41) is 6.28. The number of aromatic nitrogens is 2. The molecule has 1 fully saturated rings. The molecule has 126 valence electrons. The van der Waals surface area contributed by atoms with Gasteiger partial charge in [0, 0.05) is 22.9 Å². The first-order valence-corrected chi connectivity index (χ1v) is 9.48. The fourth-order valence-corrected chi connectivity index (χ4v) is 4.18. The van der Waals surface area contributed by atoms with Gasteiger partial charge < -0.3 is 10.6 Å². The molecule has 1 atom stereocenters. The van der Waals surface area contributed by atoms with E-state index in [1.165, 1.54) is 12.3 Å². The lowest BCUT2D eigenvalue weighted by Crippen LogP contribution is -2.36. The van der Waals surface area contributed by atoms with Crippen molar-refractivity contribution in [2.45, 2.75) is 12.5 Å². The van der Waals surface area contributed by atoms with E-state index in [4.69, 9.17) is 11.6 Å². The van der Waals surface area contributed by atoms with Crippen molar-refractivity contribution in [2.24, 2.45) is 0 Å². The van der Waals surface area contributed by atoms with E-state index >= 15 is 0 Å². The number of nitrogens with zero attached hydrogens (tertiary/aromatic N) is 2. The number of halogens is 1. The maximum Gasteiger partial charge on any atom is 0.270 e. The second kappa shape index (κ2) is 6.74. The highest BCUT2D eigenvalue weighted by Gasteiger charge is 2.29. The summed E-state index contributed by atoms with van der Waals surface area (Å²) < 4.78 is 22.9. The van der Waals surface area contributed by atoms with Crippen molar-refractivity contribution in [3.8, 4) is 0 Å². The lowest BCUT2D eigenvalue weighted by Gasteiger charge is -2.11. The quantitative estimate of drug-likeness (QED) is 0.855. The number of carbonyl (C=O) groups is 1. The molecule has 0 radical (unpaired) electrons. The Labute approximate surface area is 144 Å². The molecule has 1 aromatic heterocycles.